The van der Waals surface area contributed by atoms with Gasteiger partial charge in [0.15, 0.2) is 5.65 Å². The van der Waals surface area contributed by atoms with Gasteiger partial charge >= 0.3 is 0 Å². The zero-order valence-corrected chi connectivity index (χ0v) is 14.8. The van der Waals surface area contributed by atoms with E-state index in [0.29, 0.717) is 17.3 Å². The van der Waals surface area contributed by atoms with Crippen LogP contribution in [0.3, 0.4) is 0 Å². The lowest BCUT2D eigenvalue weighted by molar-refractivity contribution is 0.102. The van der Waals surface area contributed by atoms with Crippen LogP contribution < -0.4 is 5.32 Å². The van der Waals surface area contributed by atoms with E-state index in [1.54, 1.807) is 10.9 Å². The third kappa shape index (κ3) is 2.79. The molecule has 0 radical (unpaired) electrons. The average Bonchev–Trinajstić information content (AvgIpc) is 3.29. The molecule has 25 heavy (non-hydrogen) atoms. The molecule has 3 heterocycles. The first-order chi connectivity index (χ1) is 12.1. The number of aryl methyl sites for hydroxylation is 3. The lowest BCUT2D eigenvalue weighted by Gasteiger charge is -2.10. The summed E-state index contributed by atoms with van der Waals surface area (Å²) in [5.41, 5.74) is 3.22. The molecule has 0 saturated heterocycles. The molecular weight excluding hydrogens is 316 g/mol. The van der Waals surface area contributed by atoms with Gasteiger partial charge in [0, 0.05) is 31.3 Å². The highest BCUT2D eigenvalue weighted by Crippen LogP contribution is 2.40. The molecule has 0 atom stereocenters. The summed E-state index contributed by atoms with van der Waals surface area (Å²) >= 11 is 0. The molecule has 7 heteroatoms. The van der Waals surface area contributed by atoms with Crippen molar-refractivity contribution in [1.82, 2.24) is 24.5 Å². The Morgan fingerprint density at radius 3 is 2.92 bits per heavy atom. The quantitative estimate of drug-likeness (QED) is 0.776. The van der Waals surface area contributed by atoms with Crippen LogP contribution in [-0.2, 0) is 13.6 Å². The van der Waals surface area contributed by atoms with Crippen molar-refractivity contribution >= 4 is 22.8 Å². The van der Waals surface area contributed by atoms with Gasteiger partial charge < -0.3 is 5.32 Å². The van der Waals surface area contributed by atoms with Crippen molar-refractivity contribution in [1.29, 1.82) is 0 Å². The van der Waals surface area contributed by atoms with Crippen LogP contribution in [0.15, 0.2) is 18.3 Å². The van der Waals surface area contributed by atoms with Gasteiger partial charge in [-0.3, -0.25) is 9.48 Å². The predicted octanol–water partition coefficient (Wildman–Crippen LogP) is 3.01. The fourth-order valence-corrected chi connectivity index (χ4v) is 3.24. The number of aromatic nitrogens is 5. The Labute approximate surface area is 146 Å². The van der Waals surface area contributed by atoms with E-state index in [0.717, 1.165) is 48.2 Å². The molecule has 1 amide bonds. The first-order valence-corrected chi connectivity index (χ1v) is 8.76. The van der Waals surface area contributed by atoms with E-state index >= 15 is 0 Å². The molecule has 7 nitrogen and oxygen atoms in total. The minimum atomic E-state index is -0.136. The summed E-state index contributed by atoms with van der Waals surface area (Å²) in [6.45, 7) is 4.77. The summed E-state index contributed by atoms with van der Waals surface area (Å²) in [7, 11) is 1.87. The first kappa shape index (κ1) is 15.8. The Morgan fingerprint density at radius 2 is 2.20 bits per heavy atom. The molecule has 0 bridgehead atoms. The van der Waals surface area contributed by atoms with E-state index < -0.39 is 0 Å². The zero-order valence-electron chi connectivity index (χ0n) is 14.8. The molecule has 1 aliphatic carbocycles. The Hall–Kier alpha value is -2.70. The van der Waals surface area contributed by atoms with Crippen LogP contribution in [0.1, 0.15) is 53.8 Å². The fourth-order valence-electron chi connectivity index (χ4n) is 3.24. The second-order valence-electron chi connectivity index (χ2n) is 6.67. The normalized spacial score (nSPS) is 14.2. The summed E-state index contributed by atoms with van der Waals surface area (Å²) in [6.07, 6.45) is 4.94. The molecule has 0 unspecified atom stereocenters. The van der Waals surface area contributed by atoms with Gasteiger partial charge in [-0.05, 0) is 32.3 Å². The molecule has 3 aromatic rings. The average molecular weight is 338 g/mol. The number of rotatable bonds is 5. The van der Waals surface area contributed by atoms with Crippen molar-refractivity contribution in [3.05, 3.63) is 35.3 Å². The summed E-state index contributed by atoms with van der Waals surface area (Å²) < 4.78 is 3.57. The summed E-state index contributed by atoms with van der Waals surface area (Å²) in [5.74, 6) is 1.05. The number of nitrogens with one attached hydrogen (secondary N) is 1. The zero-order chi connectivity index (χ0) is 17.6. The van der Waals surface area contributed by atoms with E-state index in [1.165, 1.54) is 0 Å². The third-order valence-electron chi connectivity index (χ3n) is 4.62. The smallest absolute Gasteiger partial charge is 0.257 e. The van der Waals surface area contributed by atoms with Gasteiger partial charge in [-0.1, -0.05) is 6.92 Å². The Morgan fingerprint density at radius 1 is 1.40 bits per heavy atom. The maximum Gasteiger partial charge on any atom is 0.257 e. The monoisotopic (exact) mass is 338 g/mol. The maximum absolute atomic E-state index is 13.0. The first-order valence-electron chi connectivity index (χ1n) is 8.76. The van der Waals surface area contributed by atoms with E-state index in [9.17, 15) is 4.79 Å². The van der Waals surface area contributed by atoms with Crippen LogP contribution in [0.4, 0.5) is 5.82 Å². The Bertz CT molecular complexity index is 950. The SMILES string of the molecule is CCCn1nccc1NC(=O)c1cc(C2CC2)nc2c1c(C)nn2C. The van der Waals surface area contributed by atoms with Crippen LogP contribution in [0.5, 0.6) is 0 Å². The van der Waals surface area contributed by atoms with Crippen molar-refractivity contribution in [3.63, 3.8) is 0 Å². The van der Waals surface area contributed by atoms with Crippen molar-refractivity contribution < 1.29 is 4.79 Å². The number of pyridine rings is 1. The van der Waals surface area contributed by atoms with Gasteiger partial charge in [-0.15, -0.1) is 0 Å². The summed E-state index contributed by atoms with van der Waals surface area (Å²) in [5, 5.41) is 12.5. The van der Waals surface area contributed by atoms with Gasteiger partial charge in [0.05, 0.1) is 22.8 Å². The topological polar surface area (TPSA) is 77.6 Å². The molecular formula is C18H22N6O. The number of carbonyl (C=O) groups excluding carboxylic acids is 1. The van der Waals surface area contributed by atoms with Gasteiger partial charge in [-0.2, -0.15) is 10.2 Å². The fraction of sp³-hybridized carbons (Fsp3) is 0.444. The molecule has 1 aliphatic rings. The number of anilines is 1. The van der Waals surface area contributed by atoms with Crippen molar-refractivity contribution in [2.45, 2.75) is 45.6 Å². The number of hydrogen-bond donors (Lipinski definition) is 1. The maximum atomic E-state index is 13.0. The molecule has 0 spiro atoms. The lowest BCUT2D eigenvalue weighted by atomic mass is 10.1. The highest BCUT2D eigenvalue weighted by molar-refractivity contribution is 6.12. The van der Waals surface area contributed by atoms with Crippen LogP contribution in [0.2, 0.25) is 0 Å². The van der Waals surface area contributed by atoms with Crippen LogP contribution in [-0.4, -0.2) is 30.5 Å². The third-order valence-corrected chi connectivity index (χ3v) is 4.62. The van der Waals surface area contributed by atoms with Gasteiger partial charge in [0.2, 0.25) is 0 Å². The van der Waals surface area contributed by atoms with Crippen molar-refractivity contribution in [2.75, 3.05) is 5.32 Å². The number of fused-ring (bicyclic) bond motifs is 1. The number of carbonyl (C=O) groups is 1. The molecule has 1 saturated carbocycles. The molecule has 0 aromatic carbocycles. The molecule has 3 aromatic heterocycles. The standard InChI is InChI=1S/C18H22N6O/c1-4-9-24-15(7-8-19-24)21-18(25)13-10-14(12-5-6-12)20-17-16(13)11(2)22-23(17)3/h7-8,10,12H,4-6,9H2,1-3H3,(H,21,25). The Kier molecular flexibility index (Phi) is 3.78. The van der Waals surface area contributed by atoms with E-state index in [2.05, 4.69) is 22.4 Å². The van der Waals surface area contributed by atoms with Gasteiger partial charge in [0.25, 0.3) is 5.91 Å². The van der Waals surface area contributed by atoms with Crippen molar-refractivity contribution in [3.8, 4) is 0 Å². The molecule has 4 rings (SSSR count). The van der Waals surface area contributed by atoms with E-state index in [4.69, 9.17) is 4.98 Å². The highest BCUT2D eigenvalue weighted by Gasteiger charge is 2.28. The summed E-state index contributed by atoms with van der Waals surface area (Å²) in [4.78, 5) is 17.8. The van der Waals surface area contributed by atoms with Gasteiger partial charge in [0.1, 0.15) is 5.82 Å². The second kappa shape index (κ2) is 5.98. The number of amides is 1. The van der Waals surface area contributed by atoms with Crippen LogP contribution in [0.25, 0.3) is 11.0 Å². The number of nitrogens with zero attached hydrogens (tertiary/aromatic N) is 5. The minimum absolute atomic E-state index is 0.136. The van der Waals surface area contributed by atoms with E-state index in [-0.39, 0.29) is 5.91 Å². The molecule has 130 valence electrons. The number of hydrogen-bond acceptors (Lipinski definition) is 4. The second-order valence-corrected chi connectivity index (χ2v) is 6.67. The van der Waals surface area contributed by atoms with Crippen LogP contribution in [0, 0.1) is 6.92 Å². The molecule has 1 fully saturated rings. The van der Waals surface area contributed by atoms with Gasteiger partial charge in [-0.25, -0.2) is 9.67 Å². The lowest BCUT2D eigenvalue weighted by Crippen LogP contribution is -2.17. The minimum Gasteiger partial charge on any atom is -0.307 e. The largest absolute Gasteiger partial charge is 0.307 e. The van der Waals surface area contributed by atoms with E-state index in [1.807, 2.05) is 30.8 Å². The molecule has 0 aliphatic heterocycles. The Balaban J connectivity index is 1.76. The summed E-state index contributed by atoms with van der Waals surface area (Å²) in [6, 6.07) is 3.76. The van der Waals surface area contributed by atoms with Crippen molar-refractivity contribution in [2.24, 2.45) is 7.05 Å². The molecule has 1 N–H and O–H groups in total. The predicted molar refractivity (Wildman–Crippen MR) is 95.7 cm³/mol. The van der Waals surface area contributed by atoms with Crippen LogP contribution >= 0.6 is 0 Å². The highest BCUT2D eigenvalue weighted by atomic mass is 16.1.